The lowest BCUT2D eigenvalue weighted by Gasteiger charge is -2.31. The fourth-order valence-electron chi connectivity index (χ4n) is 4.88. The maximum Gasteiger partial charge on any atom is 0.331 e. The van der Waals surface area contributed by atoms with Gasteiger partial charge in [-0.2, -0.15) is 0 Å². The van der Waals surface area contributed by atoms with Crippen molar-refractivity contribution in [3.63, 3.8) is 0 Å². The zero-order valence-corrected chi connectivity index (χ0v) is 23.5. The molecule has 1 aromatic carbocycles. The van der Waals surface area contributed by atoms with E-state index in [9.17, 15) is 14.4 Å². The zero-order valence-electron chi connectivity index (χ0n) is 23.5. The fraction of sp³-hybridized carbons (Fsp3) is 0.533. The van der Waals surface area contributed by atoms with Crippen LogP contribution in [-0.4, -0.2) is 55.3 Å². The highest BCUT2D eigenvalue weighted by atomic mass is 16.6. The number of carbonyl (C=O) groups is 3. The lowest BCUT2D eigenvalue weighted by atomic mass is 9.80. The number of pyridine rings is 1. The van der Waals surface area contributed by atoms with E-state index in [1.54, 1.807) is 0 Å². The Kier molecular flexibility index (Phi) is 11.3. The normalized spacial score (nSPS) is 21.7. The SMILES string of the molecule is COc1ccnc(C(=O)N[C@H]2COC[C@H](CCC(C)C)[C@@H](CCc3ccccc3)[C@H](C)OC2=O)c1OC(C)=O. The summed E-state index contributed by atoms with van der Waals surface area (Å²) in [5.41, 5.74) is 1.06. The molecule has 212 valence electrons. The minimum absolute atomic E-state index is 0.0479. The number of amides is 1. The third kappa shape index (κ3) is 8.78. The first kappa shape index (κ1) is 30.1. The van der Waals surface area contributed by atoms with Crippen LogP contribution in [0.15, 0.2) is 42.6 Å². The lowest BCUT2D eigenvalue weighted by molar-refractivity contribution is -0.154. The van der Waals surface area contributed by atoms with E-state index < -0.39 is 23.9 Å². The van der Waals surface area contributed by atoms with Gasteiger partial charge in [0.05, 0.1) is 13.7 Å². The average molecular weight is 541 g/mol. The van der Waals surface area contributed by atoms with Crippen LogP contribution in [0.5, 0.6) is 11.5 Å². The largest absolute Gasteiger partial charge is 0.493 e. The number of aryl methyl sites for hydroxylation is 1. The molecule has 9 heteroatoms. The highest BCUT2D eigenvalue weighted by molar-refractivity contribution is 5.98. The number of aromatic nitrogens is 1. The van der Waals surface area contributed by atoms with Crippen LogP contribution in [0.3, 0.4) is 0 Å². The molecular weight excluding hydrogens is 500 g/mol. The first-order chi connectivity index (χ1) is 18.7. The van der Waals surface area contributed by atoms with E-state index in [1.807, 2.05) is 25.1 Å². The smallest absolute Gasteiger partial charge is 0.331 e. The predicted molar refractivity (Wildman–Crippen MR) is 146 cm³/mol. The Bertz CT molecular complexity index is 1110. The average Bonchev–Trinajstić information content (AvgIpc) is 2.95. The van der Waals surface area contributed by atoms with Gasteiger partial charge in [0.25, 0.3) is 5.91 Å². The zero-order chi connectivity index (χ0) is 28.4. The summed E-state index contributed by atoms with van der Waals surface area (Å²) in [5, 5.41) is 2.66. The van der Waals surface area contributed by atoms with Gasteiger partial charge in [0, 0.05) is 31.7 Å². The van der Waals surface area contributed by atoms with E-state index >= 15 is 0 Å². The number of benzene rings is 1. The summed E-state index contributed by atoms with van der Waals surface area (Å²) in [6.45, 7) is 7.93. The summed E-state index contributed by atoms with van der Waals surface area (Å²) in [4.78, 5) is 42.1. The number of rotatable bonds is 10. The molecule has 0 bridgehead atoms. The standard InChI is InChI=1S/C30H40N2O7/c1-19(2)11-13-23-17-37-18-25(30(35)38-20(3)24(23)14-12-22-9-7-6-8-10-22)32-29(34)27-28(39-21(4)33)26(36-5)15-16-31-27/h6-10,15-16,19-20,23-25H,11-14,17-18H2,1-5H3,(H,32,34)/t20-,23-,24-,25-/m0/s1. The van der Waals surface area contributed by atoms with Gasteiger partial charge in [0.15, 0.2) is 17.5 Å². The molecule has 1 aliphatic heterocycles. The summed E-state index contributed by atoms with van der Waals surface area (Å²) >= 11 is 0. The summed E-state index contributed by atoms with van der Waals surface area (Å²) in [6, 6.07) is 10.7. The van der Waals surface area contributed by atoms with Crippen molar-refractivity contribution in [2.24, 2.45) is 17.8 Å². The number of esters is 2. The summed E-state index contributed by atoms with van der Waals surface area (Å²) in [7, 11) is 1.39. The van der Waals surface area contributed by atoms with Crippen LogP contribution in [0.1, 0.15) is 63.0 Å². The Balaban J connectivity index is 1.78. The Morgan fingerprint density at radius 2 is 1.87 bits per heavy atom. The topological polar surface area (TPSA) is 113 Å². The quantitative estimate of drug-likeness (QED) is 0.442. The second kappa shape index (κ2) is 14.6. The highest BCUT2D eigenvalue weighted by Gasteiger charge is 2.35. The Labute approximate surface area is 230 Å². The van der Waals surface area contributed by atoms with Crippen molar-refractivity contribution in [2.75, 3.05) is 20.3 Å². The van der Waals surface area contributed by atoms with Gasteiger partial charge in [-0.15, -0.1) is 0 Å². The summed E-state index contributed by atoms with van der Waals surface area (Å²) in [5.74, 6) is -1.04. The highest BCUT2D eigenvalue weighted by Crippen LogP contribution is 2.32. The number of hydrogen-bond acceptors (Lipinski definition) is 8. The maximum atomic E-state index is 13.2. The van der Waals surface area contributed by atoms with Crippen LogP contribution in [0, 0.1) is 17.8 Å². The molecule has 1 aliphatic rings. The summed E-state index contributed by atoms with van der Waals surface area (Å²) in [6.07, 6.45) is 4.70. The van der Waals surface area contributed by atoms with Crippen molar-refractivity contribution >= 4 is 17.8 Å². The van der Waals surface area contributed by atoms with Crippen molar-refractivity contribution < 1.29 is 33.3 Å². The summed E-state index contributed by atoms with van der Waals surface area (Å²) < 4.78 is 22.4. The van der Waals surface area contributed by atoms with Gasteiger partial charge in [-0.1, -0.05) is 50.6 Å². The first-order valence-corrected chi connectivity index (χ1v) is 13.5. The second-order valence-corrected chi connectivity index (χ2v) is 10.4. The predicted octanol–water partition coefficient (Wildman–Crippen LogP) is 4.38. The van der Waals surface area contributed by atoms with Gasteiger partial charge in [-0.25, -0.2) is 9.78 Å². The molecule has 0 radical (unpaired) electrons. The van der Waals surface area contributed by atoms with E-state index in [1.165, 1.54) is 31.9 Å². The van der Waals surface area contributed by atoms with Crippen molar-refractivity contribution in [2.45, 2.75) is 65.5 Å². The fourth-order valence-corrected chi connectivity index (χ4v) is 4.88. The molecule has 0 aliphatic carbocycles. The molecule has 0 spiro atoms. The minimum atomic E-state index is -1.06. The van der Waals surface area contributed by atoms with Gasteiger partial charge in [-0.3, -0.25) is 9.59 Å². The number of nitrogens with one attached hydrogen (secondary N) is 1. The molecule has 2 heterocycles. The van der Waals surface area contributed by atoms with E-state index in [0.717, 1.165) is 25.7 Å². The molecule has 39 heavy (non-hydrogen) atoms. The van der Waals surface area contributed by atoms with Gasteiger partial charge in [-0.05, 0) is 43.6 Å². The lowest BCUT2D eigenvalue weighted by Crippen LogP contribution is -2.46. The van der Waals surface area contributed by atoms with Crippen LogP contribution >= 0.6 is 0 Å². The molecule has 1 aromatic heterocycles. The molecule has 1 amide bonds. The van der Waals surface area contributed by atoms with Crippen molar-refractivity contribution in [3.05, 3.63) is 53.9 Å². The maximum absolute atomic E-state index is 13.2. The number of cyclic esters (lactones) is 1. The number of methoxy groups -OCH3 is 1. The Hall–Kier alpha value is -3.46. The number of hydrogen-bond donors (Lipinski definition) is 1. The van der Waals surface area contributed by atoms with E-state index in [2.05, 4.69) is 36.3 Å². The van der Waals surface area contributed by atoms with Crippen LogP contribution in [-0.2, 0) is 25.5 Å². The Morgan fingerprint density at radius 3 is 2.54 bits per heavy atom. The third-order valence-electron chi connectivity index (χ3n) is 6.99. The second-order valence-electron chi connectivity index (χ2n) is 10.4. The molecule has 3 rings (SSSR count). The third-order valence-corrected chi connectivity index (χ3v) is 6.99. The monoisotopic (exact) mass is 540 g/mol. The van der Waals surface area contributed by atoms with Gasteiger partial charge >= 0.3 is 11.9 Å². The van der Waals surface area contributed by atoms with Crippen molar-refractivity contribution in [1.29, 1.82) is 0 Å². The molecule has 9 nitrogen and oxygen atoms in total. The van der Waals surface area contributed by atoms with Crippen LogP contribution < -0.4 is 14.8 Å². The minimum Gasteiger partial charge on any atom is -0.493 e. The number of ether oxygens (including phenoxy) is 4. The van der Waals surface area contributed by atoms with Gasteiger partial charge in [0.1, 0.15) is 6.10 Å². The van der Waals surface area contributed by atoms with Crippen molar-refractivity contribution in [1.82, 2.24) is 10.3 Å². The van der Waals surface area contributed by atoms with Crippen molar-refractivity contribution in [3.8, 4) is 11.5 Å². The molecular formula is C30H40N2O7. The van der Waals surface area contributed by atoms with Gasteiger partial charge in [0.2, 0.25) is 5.75 Å². The Morgan fingerprint density at radius 1 is 1.13 bits per heavy atom. The molecule has 0 saturated carbocycles. The molecule has 1 fully saturated rings. The van der Waals surface area contributed by atoms with E-state index in [4.69, 9.17) is 18.9 Å². The van der Waals surface area contributed by atoms with E-state index in [-0.39, 0.29) is 41.7 Å². The molecule has 4 atom stereocenters. The molecule has 0 unspecified atom stereocenters. The molecule has 1 saturated heterocycles. The van der Waals surface area contributed by atoms with Crippen LogP contribution in [0.2, 0.25) is 0 Å². The molecule has 1 N–H and O–H groups in total. The first-order valence-electron chi connectivity index (χ1n) is 13.5. The van der Waals surface area contributed by atoms with Crippen LogP contribution in [0.25, 0.3) is 0 Å². The van der Waals surface area contributed by atoms with Gasteiger partial charge < -0.3 is 24.3 Å². The number of nitrogens with zero attached hydrogens (tertiary/aromatic N) is 1. The molecule has 2 aromatic rings. The number of carbonyl (C=O) groups excluding carboxylic acids is 3. The van der Waals surface area contributed by atoms with Crippen LogP contribution in [0.4, 0.5) is 0 Å². The van der Waals surface area contributed by atoms with E-state index in [0.29, 0.717) is 12.5 Å².